The molecule has 1 aromatic carbocycles. The number of para-hydroxylation sites is 1. The van der Waals surface area contributed by atoms with Crippen LogP contribution in [0, 0.1) is 16.0 Å². The fourth-order valence-corrected chi connectivity index (χ4v) is 3.58. The van der Waals surface area contributed by atoms with E-state index in [-0.39, 0.29) is 27.5 Å². The van der Waals surface area contributed by atoms with Gasteiger partial charge in [-0.25, -0.2) is 4.79 Å². The van der Waals surface area contributed by atoms with Crippen LogP contribution in [0.15, 0.2) is 40.5 Å². The summed E-state index contributed by atoms with van der Waals surface area (Å²) in [7, 11) is 0. The van der Waals surface area contributed by atoms with Gasteiger partial charge in [0.25, 0.3) is 0 Å². The normalized spacial score (nSPS) is 20.9. The standard InChI is InChI=1S/C15H9N5O3S/c16-5-7-10(17)23-11-9(12(24)20-14(22)19-11)15(7)6-3-1-2-4-8(6)18-13(15)21/h1-4H,17H2,(H,18,21)(H2,19,20,22,24). The quantitative estimate of drug-likeness (QED) is 0.523. The van der Waals surface area contributed by atoms with Crippen molar-refractivity contribution in [2.75, 3.05) is 5.32 Å². The van der Waals surface area contributed by atoms with E-state index in [0.717, 1.165) is 0 Å². The van der Waals surface area contributed by atoms with Gasteiger partial charge < -0.3 is 15.8 Å². The molecule has 0 saturated carbocycles. The Bertz CT molecular complexity index is 1110. The second-order valence-electron chi connectivity index (χ2n) is 5.32. The van der Waals surface area contributed by atoms with E-state index in [2.05, 4.69) is 15.3 Å². The molecule has 0 bridgehead atoms. The van der Waals surface area contributed by atoms with Crippen LogP contribution in [0.2, 0.25) is 0 Å². The second kappa shape index (κ2) is 4.56. The predicted molar refractivity (Wildman–Crippen MR) is 85.6 cm³/mol. The second-order valence-corrected chi connectivity index (χ2v) is 5.72. The Balaban J connectivity index is 2.24. The number of benzene rings is 1. The van der Waals surface area contributed by atoms with E-state index in [1.807, 2.05) is 6.07 Å². The van der Waals surface area contributed by atoms with Crippen LogP contribution in [-0.4, -0.2) is 15.9 Å². The number of nitriles is 1. The van der Waals surface area contributed by atoms with Crippen LogP contribution in [0.3, 0.4) is 0 Å². The molecule has 1 unspecified atom stereocenters. The zero-order valence-corrected chi connectivity index (χ0v) is 12.8. The molecule has 118 valence electrons. The molecule has 3 heterocycles. The lowest BCUT2D eigenvalue weighted by atomic mass is 9.70. The number of carbonyl (C=O) groups is 1. The number of H-pyrrole nitrogens is 2. The maximum absolute atomic E-state index is 13.0. The molecular weight excluding hydrogens is 330 g/mol. The molecule has 9 heteroatoms. The zero-order chi connectivity index (χ0) is 17.1. The van der Waals surface area contributed by atoms with Crippen molar-refractivity contribution in [1.82, 2.24) is 9.97 Å². The van der Waals surface area contributed by atoms with Gasteiger partial charge >= 0.3 is 5.69 Å². The van der Waals surface area contributed by atoms with Gasteiger partial charge in [-0.05, 0) is 6.07 Å². The Kier molecular flexibility index (Phi) is 2.70. The van der Waals surface area contributed by atoms with Gasteiger partial charge in [0.05, 0.1) is 5.56 Å². The first-order valence-electron chi connectivity index (χ1n) is 6.86. The van der Waals surface area contributed by atoms with Gasteiger partial charge in [-0.3, -0.25) is 14.8 Å². The Hall–Kier alpha value is -3.38. The van der Waals surface area contributed by atoms with Gasteiger partial charge in [0.15, 0.2) is 0 Å². The van der Waals surface area contributed by atoms with Crippen LogP contribution < -0.4 is 21.5 Å². The lowest BCUT2D eigenvalue weighted by Crippen LogP contribution is -2.43. The van der Waals surface area contributed by atoms with Crippen molar-refractivity contribution in [3.05, 3.63) is 62.0 Å². The molecule has 1 amide bonds. The Labute approximate surface area is 139 Å². The van der Waals surface area contributed by atoms with Crippen LogP contribution in [0.1, 0.15) is 11.1 Å². The summed E-state index contributed by atoms with van der Waals surface area (Å²) in [6.07, 6.45) is 0. The van der Waals surface area contributed by atoms with Crippen molar-refractivity contribution < 1.29 is 9.53 Å². The SMILES string of the molecule is N#CC1=C(N)Oc2[nH]c(=O)[nH]c(=S)c2C12C(=O)Nc1ccccc12. The summed E-state index contributed by atoms with van der Waals surface area (Å²) >= 11 is 5.25. The van der Waals surface area contributed by atoms with Crippen molar-refractivity contribution >= 4 is 23.8 Å². The average molecular weight is 339 g/mol. The number of nitrogens with zero attached hydrogens (tertiary/aromatic N) is 1. The van der Waals surface area contributed by atoms with Crippen LogP contribution in [-0.2, 0) is 10.2 Å². The topological polar surface area (TPSA) is 137 Å². The number of ether oxygens (including phenoxy) is 1. The van der Waals surface area contributed by atoms with Gasteiger partial charge in [-0.1, -0.05) is 30.4 Å². The molecule has 0 radical (unpaired) electrons. The van der Waals surface area contributed by atoms with E-state index >= 15 is 0 Å². The minimum absolute atomic E-state index is 0.000790. The van der Waals surface area contributed by atoms with Crippen molar-refractivity contribution in [2.24, 2.45) is 5.73 Å². The largest absolute Gasteiger partial charge is 0.424 e. The Morgan fingerprint density at radius 1 is 1.25 bits per heavy atom. The molecule has 1 spiro atoms. The molecule has 8 nitrogen and oxygen atoms in total. The molecule has 5 N–H and O–H groups in total. The molecule has 2 aliphatic rings. The summed E-state index contributed by atoms with van der Waals surface area (Å²) in [5.41, 5.74) is 4.86. The fourth-order valence-electron chi connectivity index (χ4n) is 3.25. The van der Waals surface area contributed by atoms with Crippen LogP contribution in [0.5, 0.6) is 5.88 Å². The minimum Gasteiger partial charge on any atom is -0.424 e. The summed E-state index contributed by atoms with van der Waals surface area (Å²) in [5, 5.41) is 12.4. The van der Waals surface area contributed by atoms with Crippen molar-refractivity contribution in [3.63, 3.8) is 0 Å². The van der Waals surface area contributed by atoms with Gasteiger partial charge in [0.1, 0.15) is 21.7 Å². The lowest BCUT2D eigenvalue weighted by molar-refractivity contribution is -0.118. The highest BCUT2D eigenvalue weighted by Gasteiger charge is 2.57. The molecule has 0 fully saturated rings. The third-order valence-corrected chi connectivity index (χ3v) is 4.45. The third kappa shape index (κ3) is 1.52. The van der Waals surface area contributed by atoms with Crippen LogP contribution >= 0.6 is 12.2 Å². The monoisotopic (exact) mass is 339 g/mol. The molecule has 4 rings (SSSR count). The first-order valence-corrected chi connectivity index (χ1v) is 7.27. The average Bonchev–Trinajstić information content (AvgIpc) is 2.80. The van der Waals surface area contributed by atoms with Crippen molar-refractivity contribution in [1.29, 1.82) is 5.26 Å². The fraction of sp³-hybridized carbons (Fsp3) is 0.0667. The van der Waals surface area contributed by atoms with E-state index in [1.165, 1.54) is 0 Å². The van der Waals surface area contributed by atoms with E-state index in [1.54, 1.807) is 24.3 Å². The smallest absolute Gasteiger partial charge is 0.326 e. The van der Waals surface area contributed by atoms with Gasteiger partial charge in [0.2, 0.25) is 17.7 Å². The predicted octanol–water partition coefficient (Wildman–Crippen LogP) is 0.757. The number of amides is 1. The van der Waals surface area contributed by atoms with Gasteiger partial charge in [-0.2, -0.15) is 5.26 Å². The maximum Gasteiger partial charge on any atom is 0.326 e. The third-order valence-electron chi connectivity index (χ3n) is 4.15. The number of aromatic nitrogens is 2. The number of rotatable bonds is 0. The summed E-state index contributed by atoms with van der Waals surface area (Å²) in [6, 6.07) is 8.86. The highest BCUT2D eigenvalue weighted by atomic mass is 32.1. The Morgan fingerprint density at radius 2 is 2.00 bits per heavy atom. The summed E-state index contributed by atoms with van der Waals surface area (Å²) in [6.45, 7) is 0. The molecule has 0 aliphatic carbocycles. The van der Waals surface area contributed by atoms with E-state index in [0.29, 0.717) is 11.3 Å². The van der Waals surface area contributed by atoms with Crippen molar-refractivity contribution in [2.45, 2.75) is 5.41 Å². The first-order chi connectivity index (χ1) is 11.5. The first kappa shape index (κ1) is 14.2. The van der Waals surface area contributed by atoms with Crippen LogP contribution in [0.25, 0.3) is 0 Å². The molecule has 1 atom stereocenters. The van der Waals surface area contributed by atoms with Crippen molar-refractivity contribution in [3.8, 4) is 11.9 Å². The minimum atomic E-state index is -1.57. The van der Waals surface area contributed by atoms with E-state index in [4.69, 9.17) is 22.7 Å². The number of nitrogens with two attached hydrogens (primary N) is 1. The molecule has 0 saturated heterocycles. The molecule has 24 heavy (non-hydrogen) atoms. The summed E-state index contributed by atoms with van der Waals surface area (Å²) in [5.74, 6) is -0.792. The number of aromatic amines is 2. The maximum atomic E-state index is 13.0. The molecular formula is C15H9N5O3S. The van der Waals surface area contributed by atoms with E-state index < -0.39 is 17.0 Å². The van der Waals surface area contributed by atoms with Crippen LogP contribution in [0.4, 0.5) is 5.69 Å². The number of carbonyl (C=O) groups excluding carboxylic acids is 1. The number of hydrogen-bond donors (Lipinski definition) is 4. The molecule has 2 aliphatic heterocycles. The number of anilines is 1. The number of nitrogens with one attached hydrogen (secondary N) is 3. The van der Waals surface area contributed by atoms with Gasteiger partial charge in [0, 0.05) is 11.3 Å². The zero-order valence-electron chi connectivity index (χ0n) is 12.0. The summed E-state index contributed by atoms with van der Waals surface area (Å²) < 4.78 is 5.36. The number of fused-ring (bicyclic) bond motifs is 4. The van der Waals surface area contributed by atoms with E-state index in [9.17, 15) is 14.9 Å². The molecule has 2 aromatic rings. The van der Waals surface area contributed by atoms with Gasteiger partial charge in [-0.15, -0.1) is 0 Å². The summed E-state index contributed by atoms with van der Waals surface area (Å²) in [4.78, 5) is 29.5. The lowest BCUT2D eigenvalue weighted by Gasteiger charge is -2.32. The Morgan fingerprint density at radius 3 is 2.75 bits per heavy atom. The highest BCUT2D eigenvalue weighted by molar-refractivity contribution is 7.71. The molecule has 1 aromatic heterocycles. The highest BCUT2D eigenvalue weighted by Crippen LogP contribution is 2.52. The number of hydrogen-bond acceptors (Lipinski definition) is 6.